The summed E-state index contributed by atoms with van der Waals surface area (Å²) in [5.74, 6) is -0.846. The minimum Gasteiger partial charge on any atom is -0.477 e. The number of benzene rings is 2. The van der Waals surface area contributed by atoms with E-state index in [1.165, 1.54) is 22.5 Å². The number of hydrogen-bond donors (Lipinski definition) is 1. The minimum atomic E-state index is -0.846. The third-order valence-corrected chi connectivity index (χ3v) is 6.38. The molecule has 1 aliphatic rings. The third kappa shape index (κ3) is 5.12. The highest BCUT2D eigenvalue weighted by molar-refractivity contribution is 7.13. The van der Waals surface area contributed by atoms with E-state index in [1.54, 1.807) is 6.07 Å². The van der Waals surface area contributed by atoms with Crippen LogP contribution in [0, 0.1) is 0 Å². The Balaban J connectivity index is 1.37. The second kappa shape index (κ2) is 9.35. The molecule has 5 heteroatoms. The number of carbonyl (C=O) groups is 1. The molecule has 4 rings (SSSR count). The molecule has 1 aromatic heterocycles. The molecule has 1 fully saturated rings. The smallest absolute Gasteiger partial charge is 0.345 e. The molecule has 150 valence electrons. The fraction of sp³-hybridized carbons (Fsp3) is 0.292. The number of nitrogens with zero attached hydrogens (tertiary/aromatic N) is 1. The summed E-state index contributed by atoms with van der Waals surface area (Å²) in [6.45, 7) is 2.73. The number of carboxylic acid groups (broad SMARTS) is 1. The summed E-state index contributed by atoms with van der Waals surface area (Å²) >= 11 is 1.37. The monoisotopic (exact) mass is 407 g/mol. The van der Waals surface area contributed by atoms with E-state index in [0.717, 1.165) is 37.4 Å². The molecule has 0 spiro atoms. The molecule has 0 amide bonds. The average molecular weight is 408 g/mol. The highest BCUT2D eigenvalue weighted by Gasteiger charge is 2.25. The Morgan fingerprint density at radius 3 is 2.07 bits per heavy atom. The molecule has 2 heterocycles. The van der Waals surface area contributed by atoms with E-state index in [9.17, 15) is 4.79 Å². The van der Waals surface area contributed by atoms with Crippen LogP contribution in [0.4, 0.5) is 0 Å². The zero-order valence-electron chi connectivity index (χ0n) is 16.2. The minimum absolute atomic E-state index is 0.0515. The highest BCUT2D eigenvalue weighted by atomic mass is 32.1. The van der Waals surface area contributed by atoms with Gasteiger partial charge in [-0.3, -0.25) is 4.90 Å². The molecule has 1 aliphatic heterocycles. The van der Waals surface area contributed by atoms with Crippen molar-refractivity contribution < 1.29 is 14.6 Å². The Bertz CT molecular complexity index is 878. The lowest BCUT2D eigenvalue weighted by Gasteiger charge is -2.34. The lowest BCUT2D eigenvalue weighted by atomic mass is 10.00. The van der Waals surface area contributed by atoms with Crippen molar-refractivity contribution in [3.8, 4) is 0 Å². The van der Waals surface area contributed by atoms with Crippen LogP contribution in [0.1, 0.15) is 44.6 Å². The zero-order valence-corrected chi connectivity index (χ0v) is 17.1. The average Bonchev–Trinajstić information content (AvgIpc) is 3.23. The van der Waals surface area contributed by atoms with Gasteiger partial charge in [0, 0.05) is 24.5 Å². The molecule has 1 saturated heterocycles. The van der Waals surface area contributed by atoms with E-state index < -0.39 is 5.97 Å². The van der Waals surface area contributed by atoms with Crippen LogP contribution < -0.4 is 0 Å². The van der Waals surface area contributed by atoms with Gasteiger partial charge in [0.05, 0.1) is 6.10 Å². The number of aromatic carboxylic acids is 1. The summed E-state index contributed by atoms with van der Waals surface area (Å²) in [7, 11) is 0. The van der Waals surface area contributed by atoms with Gasteiger partial charge in [-0.1, -0.05) is 60.7 Å². The molecular weight excluding hydrogens is 382 g/mol. The number of thiophene rings is 1. The van der Waals surface area contributed by atoms with E-state index in [4.69, 9.17) is 9.84 Å². The SMILES string of the molecule is O=C(O)c1ccc(CN2CCC(OC(c3ccccc3)c3ccccc3)CC2)s1. The van der Waals surface area contributed by atoms with E-state index in [2.05, 4.69) is 53.4 Å². The fourth-order valence-corrected chi connectivity index (χ4v) is 4.69. The van der Waals surface area contributed by atoms with Crippen molar-refractivity contribution in [1.29, 1.82) is 0 Å². The summed E-state index contributed by atoms with van der Waals surface area (Å²) in [4.78, 5) is 15.0. The van der Waals surface area contributed by atoms with Gasteiger partial charge >= 0.3 is 5.97 Å². The maximum Gasteiger partial charge on any atom is 0.345 e. The van der Waals surface area contributed by atoms with Crippen molar-refractivity contribution in [3.05, 3.63) is 93.7 Å². The van der Waals surface area contributed by atoms with Gasteiger partial charge in [0.2, 0.25) is 0 Å². The van der Waals surface area contributed by atoms with Crippen LogP contribution in [0.3, 0.4) is 0 Å². The number of carboxylic acids is 1. The van der Waals surface area contributed by atoms with Crippen molar-refractivity contribution in [2.24, 2.45) is 0 Å². The summed E-state index contributed by atoms with van der Waals surface area (Å²) < 4.78 is 6.60. The normalized spacial score (nSPS) is 15.6. The second-order valence-corrected chi connectivity index (χ2v) is 8.55. The second-order valence-electron chi connectivity index (χ2n) is 7.38. The lowest BCUT2D eigenvalue weighted by Crippen LogP contribution is -2.37. The first kappa shape index (κ1) is 19.8. The molecule has 4 nitrogen and oxygen atoms in total. The topological polar surface area (TPSA) is 49.8 Å². The van der Waals surface area contributed by atoms with E-state index >= 15 is 0 Å². The van der Waals surface area contributed by atoms with E-state index in [0.29, 0.717) is 4.88 Å². The van der Waals surface area contributed by atoms with Crippen molar-refractivity contribution in [3.63, 3.8) is 0 Å². The van der Waals surface area contributed by atoms with E-state index in [1.807, 2.05) is 18.2 Å². The summed E-state index contributed by atoms with van der Waals surface area (Å²) in [5, 5.41) is 9.09. The van der Waals surface area contributed by atoms with Gasteiger partial charge in [-0.25, -0.2) is 4.79 Å². The Morgan fingerprint density at radius 2 is 1.55 bits per heavy atom. The predicted molar refractivity (Wildman–Crippen MR) is 115 cm³/mol. The van der Waals surface area contributed by atoms with Crippen LogP contribution in [0.15, 0.2) is 72.8 Å². The number of rotatable bonds is 7. The summed E-state index contributed by atoms with van der Waals surface area (Å²) in [6, 6.07) is 24.4. The molecular formula is C24H25NO3S. The standard InChI is InChI=1S/C24H25NO3S/c26-24(27)22-12-11-21(29-22)17-25-15-13-20(14-16-25)28-23(18-7-3-1-4-8-18)19-9-5-2-6-10-19/h1-12,20,23H,13-17H2,(H,26,27). The molecule has 0 aliphatic carbocycles. The maximum atomic E-state index is 11.1. The largest absolute Gasteiger partial charge is 0.477 e. The zero-order chi connectivity index (χ0) is 20.1. The highest BCUT2D eigenvalue weighted by Crippen LogP contribution is 2.30. The molecule has 0 radical (unpaired) electrons. The molecule has 0 saturated carbocycles. The van der Waals surface area contributed by atoms with Gasteiger partial charge in [-0.05, 0) is 36.1 Å². The van der Waals surface area contributed by atoms with Crippen molar-refractivity contribution >= 4 is 17.3 Å². The Morgan fingerprint density at radius 1 is 0.966 bits per heavy atom. The first-order valence-corrected chi connectivity index (χ1v) is 10.8. The first-order chi connectivity index (χ1) is 14.2. The number of hydrogen-bond acceptors (Lipinski definition) is 4. The lowest BCUT2D eigenvalue weighted by molar-refractivity contribution is -0.0280. The Labute approximate surface area is 175 Å². The van der Waals surface area contributed by atoms with Crippen molar-refractivity contribution in [2.45, 2.75) is 31.6 Å². The number of likely N-dealkylation sites (tertiary alicyclic amines) is 1. The van der Waals surface area contributed by atoms with Crippen LogP contribution in [0.25, 0.3) is 0 Å². The van der Waals surface area contributed by atoms with Crippen LogP contribution in [-0.2, 0) is 11.3 Å². The van der Waals surface area contributed by atoms with Gasteiger partial charge in [-0.2, -0.15) is 0 Å². The third-order valence-electron chi connectivity index (χ3n) is 5.32. The van der Waals surface area contributed by atoms with Crippen molar-refractivity contribution in [2.75, 3.05) is 13.1 Å². The van der Waals surface area contributed by atoms with Crippen LogP contribution >= 0.6 is 11.3 Å². The molecule has 1 N–H and O–H groups in total. The molecule has 0 atom stereocenters. The van der Waals surface area contributed by atoms with Gasteiger partial charge in [0.25, 0.3) is 0 Å². The van der Waals surface area contributed by atoms with Gasteiger partial charge in [0.15, 0.2) is 0 Å². The fourth-order valence-electron chi connectivity index (χ4n) is 3.80. The molecule has 0 bridgehead atoms. The van der Waals surface area contributed by atoms with Crippen molar-refractivity contribution in [1.82, 2.24) is 4.90 Å². The quantitative estimate of drug-likeness (QED) is 0.584. The van der Waals surface area contributed by atoms with E-state index in [-0.39, 0.29) is 12.2 Å². The maximum absolute atomic E-state index is 11.1. The Kier molecular flexibility index (Phi) is 6.39. The number of piperidine rings is 1. The number of ether oxygens (including phenoxy) is 1. The molecule has 2 aromatic carbocycles. The molecule has 29 heavy (non-hydrogen) atoms. The predicted octanol–water partition coefficient (Wildman–Crippen LogP) is 5.22. The molecule has 3 aromatic rings. The van der Waals surface area contributed by atoms with Gasteiger partial charge in [-0.15, -0.1) is 11.3 Å². The van der Waals surface area contributed by atoms with Gasteiger partial charge < -0.3 is 9.84 Å². The van der Waals surface area contributed by atoms with Gasteiger partial charge in [0.1, 0.15) is 11.0 Å². The first-order valence-electron chi connectivity index (χ1n) is 9.99. The summed E-state index contributed by atoms with van der Waals surface area (Å²) in [6.07, 6.45) is 2.12. The van der Waals surface area contributed by atoms with Crippen LogP contribution in [-0.4, -0.2) is 35.2 Å². The van der Waals surface area contributed by atoms with Crippen LogP contribution in [0.5, 0.6) is 0 Å². The Hall–Kier alpha value is -2.47. The molecule has 0 unspecified atom stereocenters. The van der Waals surface area contributed by atoms with Crippen LogP contribution in [0.2, 0.25) is 0 Å². The summed E-state index contributed by atoms with van der Waals surface area (Å²) in [5.41, 5.74) is 2.36.